The Morgan fingerprint density at radius 3 is 2.42 bits per heavy atom. The standard InChI is InChI=1S/C28H24ClNO3/c1-32-25-16-19-13-14-30(28(31)23-12-6-8-18-7-3-4-11-22(18)23)27(24(19)17-26(25)33-2)20-9-5-10-21(29)15-20/h3-12,15-17,27H,13-14H2,1-2H3/t27-/m0/s1. The lowest BCUT2D eigenvalue weighted by atomic mass is 9.87. The molecule has 0 aromatic heterocycles. The predicted octanol–water partition coefficient (Wildman–Crippen LogP) is 6.30. The number of nitrogens with zero attached hydrogens (tertiary/aromatic N) is 1. The van der Waals surface area contributed by atoms with E-state index in [-0.39, 0.29) is 11.9 Å². The first-order chi connectivity index (χ1) is 16.1. The maximum Gasteiger partial charge on any atom is 0.255 e. The molecule has 1 amide bonds. The zero-order valence-electron chi connectivity index (χ0n) is 18.5. The summed E-state index contributed by atoms with van der Waals surface area (Å²) in [5, 5.41) is 2.64. The number of rotatable bonds is 4. The molecule has 4 nitrogen and oxygen atoms in total. The summed E-state index contributed by atoms with van der Waals surface area (Å²) in [5.74, 6) is 1.33. The second kappa shape index (κ2) is 8.80. The van der Waals surface area contributed by atoms with Crippen molar-refractivity contribution in [2.24, 2.45) is 0 Å². The van der Waals surface area contributed by atoms with Gasteiger partial charge in [-0.3, -0.25) is 4.79 Å². The smallest absolute Gasteiger partial charge is 0.255 e. The first-order valence-corrected chi connectivity index (χ1v) is 11.3. The molecule has 0 radical (unpaired) electrons. The molecular weight excluding hydrogens is 434 g/mol. The highest BCUT2D eigenvalue weighted by atomic mass is 35.5. The molecule has 0 spiro atoms. The summed E-state index contributed by atoms with van der Waals surface area (Å²) in [5.41, 5.74) is 3.82. The van der Waals surface area contributed by atoms with Crippen molar-refractivity contribution in [2.45, 2.75) is 12.5 Å². The SMILES string of the molecule is COc1cc2c(cc1OC)[C@H](c1cccc(Cl)c1)N(C(=O)c1cccc3ccccc13)CC2. The molecule has 1 atom stereocenters. The van der Waals surface area contributed by atoms with Crippen molar-refractivity contribution < 1.29 is 14.3 Å². The van der Waals surface area contributed by atoms with Gasteiger partial charge < -0.3 is 14.4 Å². The van der Waals surface area contributed by atoms with Crippen LogP contribution in [0.3, 0.4) is 0 Å². The minimum atomic E-state index is -0.293. The number of methoxy groups -OCH3 is 2. The minimum absolute atomic E-state index is 0.00258. The molecule has 33 heavy (non-hydrogen) atoms. The maximum absolute atomic E-state index is 14.0. The molecule has 5 rings (SSSR count). The van der Waals surface area contributed by atoms with Gasteiger partial charge in [-0.05, 0) is 64.2 Å². The molecular formula is C28H24ClNO3. The van der Waals surface area contributed by atoms with E-state index in [0.717, 1.165) is 33.9 Å². The number of halogens is 1. The van der Waals surface area contributed by atoms with E-state index in [0.29, 0.717) is 28.6 Å². The van der Waals surface area contributed by atoms with Crippen LogP contribution in [0.2, 0.25) is 5.02 Å². The number of amides is 1. The van der Waals surface area contributed by atoms with E-state index in [4.69, 9.17) is 21.1 Å². The highest BCUT2D eigenvalue weighted by Crippen LogP contribution is 2.42. The van der Waals surface area contributed by atoms with E-state index in [1.165, 1.54) is 0 Å². The van der Waals surface area contributed by atoms with Crippen molar-refractivity contribution in [3.63, 3.8) is 0 Å². The molecule has 4 aromatic rings. The van der Waals surface area contributed by atoms with Crippen LogP contribution in [0.15, 0.2) is 78.9 Å². The van der Waals surface area contributed by atoms with Crippen LogP contribution in [0.1, 0.15) is 33.1 Å². The fourth-order valence-corrected chi connectivity index (χ4v) is 4.97. The Morgan fingerprint density at radius 1 is 0.909 bits per heavy atom. The molecule has 166 valence electrons. The minimum Gasteiger partial charge on any atom is -0.493 e. The number of fused-ring (bicyclic) bond motifs is 2. The summed E-state index contributed by atoms with van der Waals surface area (Å²) in [4.78, 5) is 16.0. The number of carbonyl (C=O) groups is 1. The molecule has 5 heteroatoms. The molecule has 0 fully saturated rings. The fourth-order valence-electron chi connectivity index (χ4n) is 4.77. The molecule has 1 aliphatic rings. The molecule has 0 saturated carbocycles. The fraction of sp³-hybridized carbons (Fsp3) is 0.179. The molecule has 4 aromatic carbocycles. The topological polar surface area (TPSA) is 38.8 Å². The van der Waals surface area contributed by atoms with Gasteiger partial charge in [0.2, 0.25) is 0 Å². The van der Waals surface area contributed by atoms with Crippen LogP contribution in [-0.2, 0) is 6.42 Å². The van der Waals surface area contributed by atoms with Gasteiger partial charge in [-0.1, -0.05) is 60.1 Å². The third kappa shape index (κ3) is 3.81. The van der Waals surface area contributed by atoms with E-state index in [1.54, 1.807) is 14.2 Å². The highest BCUT2D eigenvalue weighted by molar-refractivity contribution is 6.30. The van der Waals surface area contributed by atoms with Crippen LogP contribution in [0, 0.1) is 0 Å². The number of hydrogen-bond acceptors (Lipinski definition) is 3. The van der Waals surface area contributed by atoms with Gasteiger partial charge in [-0.2, -0.15) is 0 Å². The number of carbonyl (C=O) groups excluding carboxylic acids is 1. The molecule has 1 heterocycles. The summed E-state index contributed by atoms with van der Waals surface area (Å²) in [6.07, 6.45) is 0.725. The zero-order chi connectivity index (χ0) is 22.9. The summed E-state index contributed by atoms with van der Waals surface area (Å²) < 4.78 is 11.1. The lowest BCUT2D eigenvalue weighted by Gasteiger charge is -2.38. The average molecular weight is 458 g/mol. The van der Waals surface area contributed by atoms with Gasteiger partial charge in [0.25, 0.3) is 5.91 Å². The Morgan fingerprint density at radius 2 is 1.64 bits per heavy atom. The van der Waals surface area contributed by atoms with Gasteiger partial charge in [-0.25, -0.2) is 0 Å². The van der Waals surface area contributed by atoms with E-state index >= 15 is 0 Å². The Labute approximate surface area is 198 Å². The summed E-state index contributed by atoms with van der Waals surface area (Å²) in [6, 6.07) is 25.3. The molecule has 0 N–H and O–H groups in total. The van der Waals surface area contributed by atoms with Crippen LogP contribution in [0.5, 0.6) is 11.5 Å². The first kappa shape index (κ1) is 21.4. The van der Waals surface area contributed by atoms with Crippen LogP contribution >= 0.6 is 11.6 Å². The van der Waals surface area contributed by atoms with Crippen molar-refractivity contribution in [1.29, 1.82) is 0 Å². The zero-order valence-corrected chi connectivity index (χ0v) is 19.3. The Bertz CT molecular complexity index is 1350. The lowest BCUT2D eigenvalue weighted by molar-refractivity contribution is 0.0696. The van der Waals surface area contributed by atoms with E-state index in [1.807, 2.05) is 83.8 Å². The van der Waals surface area contributed by atoms with Gasteiger partial charge in [0.15, 0.2) is 11.5 Å². The second-order valence-electron chi connectivity index (χ2n) is 8.14. The van der Waals surface area contributed by atoms with Gasteiger partial charge in [-0.15, -0.1) is 0 Å². The highest BCUT2D eigenvalue weighted by Gasteiger charge is 2.34. The van der Waals surface area contributed by atoms with Crippen LogP contribution in [-0.4, -0.2) is 31.6 Å². The normalized spacial score (nSPS) is 15.2. The number of benzene rings is 4. The molecule has 1 aliphatic heterocycles. The molecule has 0 saturated heterocycles. The Balaban J connectivity index is 1.68. The van der Waals surface area contributed by atoms with E-state index < -0.39 is 0 Å². The van der Waals surface area contributed by atoms with Crippen molar-refractivity contribution in [3.05, 3.63) is 106 Å². The van der Waals surface area contributed by atoms with Gasteiger partial charge in [0.05, 0.1) is 20.3 Å². The van der Waals surface area contributed by atoms with Crippen molar-refractivity contribution >= 4 is 28.3 Å². The number of ether oxygens (including phenoxy) is 2. The molecule has 0 bridgehead atoms. The average Bonchev–Trinajstić information content (AvgIpc) is 2.86. The van der Waals surface area contributed by atoms with Crippen LogP contribution < -0.4 is 9.47 Å². The van der Waals surface area contributed by atoms with Crippen molar-refractivity contribution in [2.75, 3.05) is 20.8 Å². The number of hydrogen-bond donors (Lipinski definition) is 0. The summed E-state index contributed by atoms with van der Waals surface area (Å²) in [7, 11) is 3.26. The molecule has 0 aliphatic carbocycles. The quantitative estimate of drug-likeness (QED) is 0.361. The first-order valence-electron chi connectivity index (χ1n) is 10.9. The van der Waals surface area contributed by atoms with Gasteiger partial charge in [0.1, 0.15) is 0 Å². The van der Waals surface area contributed by atoms with Gasteiger partial charge >= 0.3 is 0 Å². The molecule has 0 unspecified atom stereocenters. The lowest BCUT2D eigenvalue weighted by Crippen LogP contribution is -2.40. The third-order valence-electron chi connectivity index (χ3n) is 6.32. The van der Waals surface area contributed by atoms with E-state index in [9.17, 15) is 4.79 Å². The summed E-state index contributed by atoms with van der Waals surface area (Å²) in [6.45, 7) is 0.585. The largest absolute Gasteiger partial charge is 0.493 e. The Hall–Kier alpha value is -3.50. The van der Waals surface area contributed by atoms with Crippen molar-refractivity contribution in [1.82, 2.24) is 4.90 Å². The second-order valence-corrected chi connectivity index (χ2v) is 8.58. The van der Waals surface area contributed by atoms with Crippen LogP contribution in [0.25, 0.3) is 10.8 Å². The third-order valence-corrected chi connectivity index (χ3v) is 6.55. The van der Waals surface area contributed by atoms with Crippen molar-refractivity contribution in [3.8, 4) is 11.5 Å². The monoisotopic (exact) mass is 457 g/mol. The van der Waals surface area contributed by atoms with Crippen LogP contribution in [0.4, 0.5) is 0 Å². The summed E-state index contributed by atoms with van der Waals surface area (Å²) >= 11 is 6.37. The Kier molecular flexibility index (Phi) is 5.69. The predicted molar refractivity (Wildman–Crippen MR) is 132 cm³/mol. The van der Waals surface area contributed by atoms with E-state index in [2.05, 4.69) is 0 Å². The maximum atomic E-state index is 14.0. The van der Waals surface area contributed by atoms with Gasteiger partial charge in [0, 0.05) is 17.1 Å².